The van der Waals surface area contributed by atoms with Gasteiger partial charge in [0.15, 0.2) is 0 Å². The Morgan fingerprint density at radius 3 is 2.42 bits per heavy atom. The van der Waals surface area contributed by atoms with Crippen LogP contribution in [0.1, 0.15) is 20.3 Å². The first-order chi connectivity index (χ1) is 8.99. The Morgan fingerprint density at radius 2 is 1.89 bits per heavy atom. The number of hydrogen-bond acceptors (Lipinski definition) is 4. The average molecular weight is 302 g/mol. The Morgan fingerprint density at radius 1 is 1.26 bits per heavy atom. The summed E-state index contributed by atoms with van der Waals surface area (Å²) in [6.45, 7) is 4.29. The fourth-order valence-corrected chi connectivity index (χ4v) is 3.15. The summed E-state index contributed by atoms with van der Waals surface area (Å²) < 4.78 is 25.5. The first-order valence-corrected chi connectivity index (χ1v) is 9.01. The fourth-order valence-electron chi connectivity index (χ4n) is 1.61. The highest BCUT2D eigenvalue weighted by Crippen LogP contribution is 2.15. The van der Waals surface area contributed by atoms with Crippen LogP contribution in [0.3, 0.4) is 0 Å². The van der Waals surface area contributed by atoms with E-state index in [1.54, 1.807) is 24.3 Å². The summed E-state index contributed by atoms with van der Waals surface area (Å²) in [5, 5.41) is 3.37. The summed E-state index contributed by atoms with van der Waals surface area (Å²) in [6, 6.07) is 7.20. The summed E-state index contributed by atoms with van der Waals surface area (Å²) in [5.41, 5.74) is 0.948. The van der Waals surface area contributed by atoms with Crippen molar-refractivity contribution < 1.29 is 8.42 Å². The van der Waals surface area contributed by atoms with Crippen LogP contribution in [0, 0.1) is 0 Å². The Hall–Kier alpha value is -0.720. The molecule has 6 heteroatoms. The second-order valence-electron chi connectivity index (χ2n) is 4.26. The summed E-state index contributed by atoms with van der Waals surface area (Å²) in [4.78, 5) is 0.287. The maximum absolute atomic E-state index is 11.6. The molecule has 0 aromatic heterocycles. The van der Waals surface area contributed by atoms with Crippen molar-refractivity contribution in [3.8, 4) is 0 Å². The Kier molecular flexibility index (Phi) is 6.68. The van der Waals surface area contributed by atoms with Gasteiger partial charge in [0.05, 0.1) is 4.90 Å². The topological polar surface area (TPSA) is 58.2 Å². The van der Waals surface area contributed by atoms with Gasteiger partial charge in [-0.05, 0) is 56.2 Å². The highest BCUT2D eigenvalue weighted by atomic mass is 32.2. The third-order valence-electron chi connectivity index (χ3n) is 2.75. The van der Waals surface area contributed by atoms with Crippen molar-refractivity contribution in [1.29, 1.82) is 0 Å². The normalized spacial score (nSPS) is 13.2. The smallest absolute Gasteiger partial charge is 0.240 e. The molecule has 0 aliphatic carbocycles. The van der Waals surface area contributed by atoms with Crippen LogP contribution in [0.2, 0.25) is 0 Å². The molecule has 2 N–H and O–H groups in total. The fraction of sp³-hybridized carbons (Fsp3) is 0.538. The van der Waals surface area contributed by atoms with Gasteiger partial charge in [-0.25, -0.2) is 13.1 Å². The third-order valence-corrected chi connectivity index (χ3v) is 5.11. The van der Waals surface area contributed by atoms with Crippen LogP contribution in [0.15, 0.2) is 29.2 Å². The number of hydrogen-bond donors (Lipinski definition) is 2. The Bertz CT molecular complexity index is 472. The molecule has 4 nitrogen and oxygen atoms in total. The third kappa shape index (κ3) is 5.42. The van der Waals surface area contributed by atoms with E-state index in [0.29, 0.717) is 6.04 Å². The van der Waals surface area contributed by atoms with E-state index >= 15 is 0 Å². The average Bonchev–Trinajstić information content (AvgIpc) is 2.39. The van der Waals surface area contributed by atoms with Crippen molar-refractivity contribution in [2.75, 3.05) is 23.9 Å². The molecule has 0 saturated carbocycles. The molecular formula is C13H22N2O2S2. The molecule has 1 unspecified atom stereocenters. The van der Waals surface area contributed by atoms with Gasteiger partial charge in [-0.2, -0.15) is 11.8 Å². The van der Waals surface area contributed by atoms with Gasteiger partial charge in [0, 0.05) is 11.7 Å². The number of rotatable bonds is 8. The van der Waals surface area contributed by atoms with E-state index in [2.05, 4.69) is 23.9 Å². The molecule has 0 spiro atoms. The van der Waals surface area contributed by atoms with Gasteiger partial charge < -0.3 is 5.32 Å². The molecular weight excluding hydrogens is 280 g/mol. The standard InChI is InChI=1S/C13H22N2O2S2/c1-4-18-10-9-11(2)15-12-5-7-13(8-6-12)19(16,17)14-3/h5-8,11,14-15H,4,9-10H2,1-3H3. The molecule has 1 rings (SSSR count). The minimum absolute atomic E-state index is 0.287. The van der Waals surface area contributed by atoms with Crippen molar-refractivity contribution in [3.63, 3.8) is 0 Å². The first kappa shape index (κ1) is 16.3. The maximum Gasteiger partial charge on any atom is 0.240 e. The van der Waals surface area contributed by atoms with Crippen LogP contribution in [0.25, 0.3) is 0 Å². The van der Waals surface area contributed by atoms with Gasteiger partial charge in [0.2, 0.25) is 10.0 Å². The van der Waals surface area contributed by atoms with Crippen LogP contribution in [-0.2, 0) is 10.0 Å². The Balaban J connectivity index is 2.57. The van der Waals surface area contributed by atoms with Crippen molar-refractivity contribution in [2.24, 2.45) is 0 Å². The van der Waals surface area contributed by atoms with E-state index in [1.807, 2.05) is 11.8 Å². The zero-order valence-electron chi connectivity index (χ0n) is 11.6. The molecule has 0 amide bonds. The molecule has 1 atom stereocenters. The zero-order chi connectivity index (χ0) is 14.3. The molecule has 1 aromatic rings. The van der Waals surface area contributed by atoms with Crippen molar-refractivity contribution >= 4 is 27.5 Å². The van der Waals surface area contributed by atoms with Gasteiger partial charge in [-0.1, -0.05) is 6.92 Å². The van der Waals surface area contributed by atoms with Crippen LogP contribution < -0.4 is 10.0 Å². The van der Waals surface area contributed by atoms with Crippen LogP contribution in [-0.4, -0.2) is 33.0 Å². The molecule has 0 aliphatic rings. The van der Waals surface area contributed by atoms with E-state index in [0.717, 1.165) is 23.6 Å². The number of anilines is 1. The molecule has 0 heterocycles. The van der Waals surface area contributed by atoms with Gasteiger partial charge >= 0.3 is 0 Å². The van der Waals surface area contributed by atoms with Crippen molar-refractivity contribution in [2.45, 2.75) is 31.2 Å². The molecule has 0 aliphatic heterocycles. The first-order valence-electron chi connectivity index (χ1n) is 6.37. The SMILES string of the molecule is CCSCCC(C)Nc1ccc(S(=O)(=O)NC)cc1. The molecule has 0 saturated heterocycles. The quantitative estimate of drug-likeness (QED) is 0.725. The van der Waals surface area contributed by atoms with Gasteiger partial charge in [0.25, 0.3) is 0 Å². The van der Waals surface area contributed by atoms with Crippen molar-refractivity contribution in [1.82, 2.24) is 4.72 Å². The molecule has 1 aromatic carbocycles. The predicted octanol–water partition coefficient (Wildman–Crippen LogP) is 2.54. The van der Waals surface area contributed by atoms with Crippen LogP contribution >= 0.6 is 11.8 Å². The highest BCUT2D eigenvalue weighted by Gasteiger charge is 2.10. The van der Waals surface area contributed by atoms with E-state index < -0.39 is 10.0 Å². The molecule has 0 radical (unpaired) electrons. The highest BCUT2D eigenvalue weighted by molar-refractivity contribution is 7.99. The van der Waals surface area contributed by atoms with Crippen molar-refractivity contribution in [3.05, 3.63) is 24.3 Å². The van der Waals surface area contributed by atoms with Crippen LogP contribution in [0.4, 0.5) is 5.69 Å². The Labute approximate surface area is 120 Å². The van der Waals surface area contributed by atoms with Gasteiger partial charge in [0.1, 0.15) is 0 Å². The minimum Gasteiger partial charge on any atom is -0.383 e. The predicted molar refractivity (Wildman–Crippen MR) is 83.4 cm³/mol. The maximum atomic E-state index is 11.6. The molecule has 19 heavy (non-hydrogen) atoms. The lowest BCUT2D eigenvalue weighted by Gasteiger charge is -2.15. The molecule has 0 bridgehead atoms. The number of benzene rings is 1. The van der Waals surface area contributed by atoms with Crippen LogP contribution in [0.5, 0.6) is 0 Å². The second-order valence-corrected chi connectivity index (χ2v) is 7.54. The second kappa shape index (κ2) is 7.77. The number of thioether (sulfide) groups is 1. The summed E-state index contributed by atoms with van der Waals surface area (Å²) in [7, 11) is -1.93. The number of nitrogens with one attached hydrogen (secondary N) is 2. The summed E-state index contributed by atoms with van der Waals surface area (Å²) in [6.07, 6.45) is 1.09. The molecule has 108 valence electrons. The summed E-state index contributed by atoms with van der Waals surface area (Å²) in [5.74, 6) is 2.28. The molecule has 0 fully saturated rings. The van der Waals surface area contributed by atoms with Gasteiger partial charge in [-0.15, -0.1) is 0 Å². The van der Waals surface area contributed by atoms with E-state index in [1.165, 1.54) is 7.05 Å². The number of sulfonamides is 1. The largest absolute Gasteiger partial charge is 0.383 e. The zero-order valence-corrected chi connectivity index (χ0v) is 13.3. The van der Waals surface area contributed by atoms with Gasteiger partial charge in [-0.3, -0.25) is 0 Å². The lowest BCUT2D eigenvalue weighted by Crippen LogP contribution is -2.19. The monoisotopic (exact) mass is 302 g/mol. The lowest BCUT2D eigenvalue weighted by molar-refractivity contribution is 0.588. The van der Waals surface area contributed by atoms with E-state index in [9.17, 15) is 8.42 Å². The summed E-state index contributed by atoms with van der Waals surface area (Å²) >= 11 is 1.93. The lowest BCUT2D eigenvalue weighted by atomic mass is 10.2. The van der Waals surface area contributed by atoms with E-state index in [-0.39, 0.29) is 4.90 Å². The minimum atomic E-state index is -3.34. The van der Waals surface area contributed by atoms with E-state index in [4.69, 9.17) is 0 Å².